The molecule has 1 fully saturated rings. The molecule has 1 heterocycles. The van der Waals surface area contributed by atoms with Gasteiger partial charge in [0.25, 0.3) is 0 Å². The van der Waals surface area contributed by atoms with Gasteiger partial charge < -0.3 is 11.1 Å². The molecule has 4 nitrogen and oxygen atoms in total. The van der Waals surface area contributed by atoms with Crippen molar-refractivity contribution >= 4 is 11.5 Å². The molecule has 0 aliphatic heterocycles. The summed E-state index contributed by atoms with van der Waals surface area (Å²) < 4.78 is 1.87. The van der Waals surface area contributed by atoms with Gasteiger partial charge in [0, 0.05) is 13.6 Å². The molecule has 3 N–H and O–H groups in total. The Morgan fingerprint density at radius 1 is 1.56 bits per heavy atom. The monoisotopic (exact) mass is 222 g/mol. The van der Waals surface area contributed by atoms with Crippen LogP contribution in [0.3, 0.4) is 0 Å². The molecular weight excluding hydrogens is 200 g/mol. The lowest BCUT2D eigenvalue weighted by atomic mass is 10.2. The summed E-state index contributed by atoms with van der Waals surface area (Å²) in [6.45, 7) is 5.46. The van der Waals surface area contributed by atoms with Crippen molar-refractivity contribution in [2.24, 2.45) is 18.9 Å². The number of nitrogens with zero attached hydrogens (tertiary/aromatic N) is 2. The minimum Gasteiger partial charge on any atom is -0.394 e. The average molecular weight is 222 g/mol. The van der Waals surface area contributed by atoms with Gasteiger partial charge in [-0.2, -0.15) is 5.10 Å². The van der Waals surface area contributed by atoms with Gasteiger partial charge in [0.1, 0.15) is 5.82 Å². The van der Waals surface area contributed by atoms with Gasteiger partial charge >= 0.3 is 0 Å². The fourth-order valence-corrected chi connectivity index (χ4v) is 2.14. The molecule has 2 unspecified atom stereocenters. The highest BCUT2D eigenvalue weighted by Gasteiger charge is 2.32. The van der Waals surface area contributed by atoms with Crippen LogP contribution in [0.5, 0.6) is 0 Å². The zero-order valence-electron chi connectivity index (χ0n) is 10.5. The molecule has 0 spiro atoms. The maximum absolute atomic E-state index is 6.09. The van der Waals surface area contributed by atoms with E-state index in [1.165, 1.54) is 6.42 Å². The summed E-state index contributed by atoms with van der Waals surface area (Å²) in [6, 6.07) is 0. The van der Waals surface area contributed by atoms with Crippen molar-refractivity contribution in [2.75, 3.05) is 17.6 Å². The first kappa shape index (κ1) is 11.3. The summed E-state index contributed by atoms with van der Waals surface area (Å²) in [5.74, 6) is 2.68. The smallest absolute Gasteiger partial charge is 0.147 e. The molecule has 4 heteroatoms. The number of nitrogen functional groups attached to an aromatic ring is 1. The number of aryl methyl sites for hydroxylation is 2. The van der Waals surface area contributed by atoms with E-state index in [1.807, 2.05) is 11.7 Å². The molecule has 0 aromatic carbocycles. The SMILES string of the molecule is CCCc1nn(C)c(NCC2CC2C)c1N. The number of nitrogens with two attached hydrogens (primary N) is 1. The van der Waals surface area contributed by atoms with Crippen LogP contribution in [0.1, 0.15) is 32.4 Å². The second-order valence-corrected chi connectivity index (χ2v) is 4.94. The normalized spacial score (nSPS) is 23.4. The summed E-state index contributed by atoms with van der Waals surface area (Å²) >= 11 is 0. The minimum atomic E-state index is 0.823. The van der Waals surface area contributed by atoms with Gasteiger partial charge in [-0.05, 0) is 24.7 Å². The Labute approximate surface area is 97.2 Å². The van der Waals surface area contributed by atoms with Crippen LogP contribution < -0.4 is 11.1 Å². The first-order valence-electron chi connectivity index (χ1n) is 6.18. The van der Waals surface area contributed by atoms with E-state index in [2.05, 4.69) is 24.3 Å². The van der Waals surface area contributed by atoms with Crippen molar-refractivity contribution in [3.8, 4) is 0 Å². The van der Waals surface area contributed by atoms with E-state index in [-0.39, 0.29) is 0 Å². The molecular formula is C12H22N4. The third-order valence-corrected chi connectivity index (χ3v) is 3.45. The lowest BCUT2D eigenvalue weighted by Crippen LogP contribution is -2.09. The quantitative estimate of drug-likeness (QED) is 0.801. The van der Waals surface area contributed by atoms with E-state index in [4.69, 9.17) is 5.73 Å². The third kappa shape index (κ3) is 2.15. The van der Waals surface area contributed by atoms with Crippen LogP contribution in [0.15, 0.2) is 0 Å². The lowest BCUT2D eigenvalue weighted by molar-refractivity contribution is 0.723. The van der Waals surface area contributed by atoms with E-state index in [0.29, 0.717) is 0 Å². The van der Waals surface area contributed by atoms with Crippen LogP contribution in [-0.4, -0.2) is 16.3 Å². The van der Waals surface area contributed by atoms with Crippen molar-refractivity contribution in [1.29, 1.82) is 0 Å². The molecule has 2 rings (SSSR count). The Bertz CT molecular complexity index is 369. The van der Waals surface area contributed by atoms with Crippen molar-refractivity contribution in [2.45, 2.75) is 33.1 Å². The Hall–Kier alpha value is -1.19. The summed E-state index contributed by atoms with van der Waals surface area (Å²) in [5.41, 5.74) is 7.94. The van der Waals surface area contributed by atoms with E-state index < -0.39 is 0 Å². The standard InChI is InChI=1S/C12H22N4/c1-4-5-10-11(13)12(16(3)15-10)14-7-9-6-8(9)2/h8-9,14H,4-7,13H2,1-3H3. The fourth-order valence-electron chi connectivity index (χ4n) is 2.14. The van der Waals surface area contributed by atoms with Gasteiger partial charge in [-0.3, -0.25) is 4.68 Å². The van der Waals surface area contributed by atoms with Crippen LogP contribution >= 0.6 is 0 Å². The molecule has 2 atom stereocenters. The molecule has 0 saturated heterocycles. The van der Waals surface area contributed by atoms with Crippen molar-refractivity contribution in [1.82, 2.24) is 9.78 Å². The van der Waals surface area contributed by atoms with Crippen LogP contribution in [-0.2, 0) is 13.5 Å². The number of aromatic nitrogens is 2. The van der Waals surface area contributed by atoms with E-state index in [1.54, 1.807) is 0 Å². The Kier molecular flexibility index (Phi) is 3.08. The van der Waals surface area contributed by atoms with Gasteiger partial charge in [-0.1, -0.05) is 20.3 Å². The van der Waals surface area contributed by atoms with E-state index in [0.717, 1.165) is 48.4 Å². The predicted octanol–water partition coefficient (Wildman–Crippen LogP) is 2.02. The highest BCUT2D eigenvalue weighted by atomic mass is 15.3. The molecule has 0 bridgehead atoms. The molecule has 90 valence electrons. The third-order valence-electron chi connectivity index (χ3n) is 3.45. The molecule has 1 aromatic heterocycles. The van der Waals surface area contributed by atoms with Gasteiger partial charge in [0.15, 0.2) is 0 Å². The lowest BCUT2D eigenvalue weighted by Gasteiger charge is -2.06. The Morgan fingerprint density at radius 2 is 2.25 bits per heavy atom. The van der Waals surface area contributed by atoms with Crippen LogP contribution in [0, 0.1) is 11.8 Å². The minimum absolute atomic E-state index is 0.823. The number of hydrogen-bond acceptors (Lipinski definition) is 3. The number of anilines is 2. The predicted molar refractivity (Wildman–Crippen MR) is 67.4 cm³/mol. The van der Waals surface area contributed by atoms with Gasteiger partial charge in [-0.15, -0.1) is 0 Å². The molecule has 1 aromatic rings. The summed E-state index contributed by atoms with van der Waals surface area (Å²) in [6.07, 6.45) is 3.38. The van der Waals surface area contributed by atoms with Crippen molar-refractivity contribution < 1.29 is 0 Å². The summed E-state index contributed by atoms with van der Waals surface area (Å²) in [4.78, 5) is 0. The maximum Gasteiger partial charge on any atom is 0.147 e. The van der Waals surface area contributed by atoms with Crippen LogP contribution in [0.25, 0.3) is 0 Å². The Balaban J connectivity index is 2.01. The van der Waals surface area contributed by atoms with Crippen molar-refractivity contribution in [3.63, 3.8) is 0 Å². The fraction of sp³-hybridized carbons (Fsp3) is 0.750. The highest BCUT2D eigenvalue weighted by Crippen LogP contribution is 2.38. The van der Waals surface area contributed by atoms with Crippen LogP contribution in [0.2, 0.25) is 0 Å². The maximum atomic E-state index is 6.09. The molecule has 0 radical (unpaired) electrons. The van der Waals surface area contributed by atoms with Crippen LogP contribution in [0.4, 0.5) is 11.5 Å². The summed E-state index contributed by atoms with van der Waals surface area (Å²) in [7, 11) is 1.95. The number of rotatable bonds is 5. The zero-order chi connectivity index (χ0) is 11.7. The second-order valence-electron chi connectivity index (χ2n) is 4.94. The van der Waals surface area contributed by atoms with Gasteiger partial charge in [0.2, 0.25) is 0 Å². The second kappa shape index (κ2) is 4.36. The highest BCUT2D eigenvalue weighted by molar-refractivity contribution is 5.65. The molecule has 1 aliphatic carbocycles. The van der Waals surface area contributed by atoms with Gasteiger partial charge in [0.05, 0.1) is 11.4 Å². The Morgan fingerprint density at radius 3 is 2.81 bits per heavy atom. The topological polar surface area (TPSA) is 55.9 Å². The van der Waals surface area contributed by atoms with E-state index in [9.17, 15) is 0 Å². The largest absolute Gasteiger partial charge is 0.394 e. The van der Waals surface area contributed by atoms with Gasteiger partial charge in [-0.25, -0.2) is 0 Å². The van der Waals surface area contributed by atoms with Crippen molar-refractivity contribution in [3.05, 3.63) is 5.69 Å². The average Bonchev–Trinajstić information content (AvgIpc) is 2.87. The zero-order valence-corrected chi connectivity index (χ0v) is 10.5. The molecule has 1 aliphatic rings. The molecule has 16 heavy (non-hydrogen) atoms. The van der Waals surface area contributed by atoms with E-state index >= 15 is 0 Å². The number of hydrogen-bond donors (Lipinski definition) is 2. The molecule has 1 saturated carbocycles. The first-order chi connectivity index (χ1) is 7.63. The summed E-state index contributed by atoms with van der Waals surface area (Å²) in [5, 5.41) is 7.87. The molecule has 0 amide bonds. The first-order valence-corrected chi connectivity index (χ1v) is 6.18. The number of nitrogens with one attached hydrogen (secondary N) is 1.